The van der Waals surface area contributed by atoms with Crippen LogP contribution < -0.4 is 66.1 Å². The molecule has 0 spiro atoms. The summed E-state index contributed by atoms with van der Waals surface area (Å²) in [5.41, 5.74) is 47.0. The Morgan fingerprint density at radius 2 is 0.741 bits per heavy atom. The number of fused-ring (bicyclic) bond motifs is 5. The average Bonchev–Trinajstić information content (AvgIpc) is 1.11. The van der Waals surface area contributed by atoms with Crippen molar-refractivity contribution in [2.24, 2.45) is 24.8 Å². The highest BCUT2D eigenvalue weighted by molar-refractivity contribution is 6.38. The van der Waals surface area contributed by atoms with E-state index >= 15 is 8.78 Å². The molecule has 6 aromatic carbocycles. The zero-order valence-electron chi connectivity index (χ0n) is 79.8. The highest BCUT2D eigenvalue weighted by Gasteiger charge is 2.47. The molecule has 34 nitrogen and oxygen atoms in total. The first-order chi connectivity index (χ1) is 71.1. The number of carbonyl (C=O) groups excluding carboxylic acids is 4. The first-order valence-electron chi connectivity index (χ1n) is 46.7. The van der Waals surface area contributed by atoms with Crippen molar-refractivity contribution in [2.75, 3.05) is 60.6 Å². The minimum atomic E-state index is -0.495. The molecule has 20 aromatic rings. The maximum atomic E-state index is 15.4. The predicted molar refractivity (Wildman–Crippen MR) is 569 cm³/mol. The molecule has 730 valence electrons. The van der Waals surface area contributed by atoms with Crippen LogP contribution in [0.15, 0.2) is 279 Å². The van der Waals surface area contributed by atoms with Crippen molar-refractivity contribution in [3.8, 4) is 62.4 Å². The molecule has 0 aliphatic heterocycles. The summed E-state index contributed by atoms with van der Waals surface area (Å²) in [5.74, 6) is 2.33. The molecule has 3 fully saturated rings. The number of H-pyrrole nitrogens is 3. The number of aromatic nitrogens is 17. The molecule has 23 rings (SSSR count). The number of amides is 5. The van der Waals surface area contributed by atoms with Crippen LogP contribution in [0, 0.1) is 75.3 Å². The minimum absolute atomic E-state index is 0.0645. The fourth-order valence-corrected chi connectivity index (χ4v) is 18.0. The largest absolute Gasteiger partial charge is 0.383 e. The van der Waals surface area contributed by atoms with Gasteiger partial charge in [-0.05, 0) is 188 Å². The lowest BCUT2D eigenvalue weighted by Gasteiger charge is -2.13. The van der Waals surface area contributed by atoms with Crippen LogP contribution in [0.2, 0.25) is 5.02 Å². The van der Waals surface area contributed by atoms with Gasteiger partial charge in [0, 0.05) is 163 Å². The summed E-state index contributed by atoms with van der Waals surface area (Å²) in [6, 6.07) is 62.7. The maximum Gasteiger partial charge on any atom is 0.324 e. The minimum Gasteiger partial charge on any atom is -0.383 e. The number of hydrogen-bond acceptors (Lipinski definition) is 25. The van der Waals surface area contributed by atoms with Gasteiger partial charge in [-0.25, -0.2) is 63.4 Å². The molecule has 19 N–H and O–H groups in total. The lowest BCUT2D eigenvalue weighted by molar-refractivity contribution is -0.118. The molecule has 0 unspecified atom stereocenters. The zero-order chi connectivity index (χ0) is 103. The Morgan fingerprint density at radius 1 is 0.395 bits per heavy atom. The van der Waals surface area contributed by atoms with Gasteiger partial charge >= 0.3 is 6.03 Å². The molecule has 3 aliphatic carbocycles. The quantitative estimate of drug-likeness (QED) is 0.0379. The van der Waals surface area contributed by atoms with Gasteiger partial charge in [0.25, 0.3) is 5.56 Å². The molecule has 0 bridgehead atoms. The number of carbonyl (C=O) groups is 4. The molecule has 5 amide bonds. The van der Waals surface area contributed by atoms with Crippen molar-refractivity contribution in [2.45, 2.75) is 71.6 Å². The van der Waals surface area contributed by atoms with Crippen LogP contribution in [0.4, 0.5) is 83.1 Å². The normalized spacial score (nSPS) is 15.0. The second-order valence-electron chi connectivity index (χ2n) is 35.9. The Kier molecular flexibility index (Phi) is 27.3. The number of nitrogens with two attached hydrogens (primary N) is 5. The average molecular weight is 1980 g/mol. The number of aryl methyl sites for hydroxylation is 6. The van der Waals surface area contributed by atoms with E-state index in [1.165, 1.54) is 35.2 Å². The van der Waals surface area contributed by atoms with Crippen LogP contribution in [-0.2, 0) is 21.4 Å². The molecule has 147 heavy (non-hydrogen) atoms. The number of pyridine rings is 11. The van der Waals surface area contributed by atoms with Crippen LogP contribution in [0.3, 0.4) is 0 Å². The first-order valence-corrected chi connectivity index (χ1v) is 47.1. The Hall–Kier alpha value is -19.2. The van der Waals surface area contributed by atoms with Crippen molar-refractivity contribution >= 4 is 159 Å². The van der Waals surface area contributed by atoms with E-state index in [0.717, 1.165) is 108 Å². The predicted octanol–water partition coefficient (Wildman–Crippen LogP) is 20.2. The van der Waals surface area contributed by atoms with Crippen molar-refractivity contribution in [1.82, 2.24) is 85.0 Å². The highest BCUT2D eigenvalue weighted by atomic mass is 35.5. The molecule has 6 atom stereocenters. The third kappa shape index (κ3) is 21.1. The van der Waals surface area contributed by atoms with E-state index in [0.29, 0.717) is 101 Å². The molecule has 0 saturated heterocycles. The maximum absolute atomic E-state index is 15.4. The number of nitrogen functional groups attached to an aromatic ring is 5. The molecule has 0 radical (unpaired) electrons. The summed E-state index contributed by atoms with van der Waals surface area (Å²) in [4.78, 5) is 106. The summed E-state index contributed by atoms with van der Waals surface area (Å²) in [6.45, 7) is 9.84. The van der Waals surface area contributed by atoms with Crippen LogP contribution >= 0.6 is 11.6 Å². The Labute approximate surface area is 843 Å². The third-order valence-electron chi connectivity index (χ3n) is 26.0. The van der Waals surface area contributed by atoms with Crippen LogP contribution in [-0.4, -0.2) is 109 Å². The smallest absolute Gasteiger partial charge is 0.324 e. The van der Waals surface area contributed by atoms with Crippen molar-refractivity contribution in [3.63, 3.8) is 0 Å². The second kappa shape index (κ2) is 41.5. The fraction of sp³-hybridized carbons (Fsp3) is 0.136. The highest BCUT2D eigenvalue weighted by Crippen LogP contribution is 2.51. The Bertz CT molecular complexity index is 8170. The number of nitriles is 1. The topological polar surface area (TPSA) is 531 Å². The van der Waals surface area contributed by atoms with E-state index in [-0.39, 0.29) is 104 Å². The lowest BCUT2D eigenvalue weighted by Crippen LogP contribution is -2.20. The number of para-hydroxylation sites is 1. The van der Waals surface area contributed by atoms with Gasteiger partial charge < -0.3 is 59.8 Å². The molecule has 3 aliphatic rings. The van der Waals surface area contributed by atoms with Crippen LogP contribution in [0.5, 0.6) is 0 Å². The van der Waals surface area contributed by atoms with E-state index in [9.17, 15) is 24.0 Å². The summed E-state index contributed by atoms with van der Waals surface area (Å²) < 4.78 is 32.3. The molecule has 14 heterocycles. The Morgan fingerprint density at radius 3 is 1.14 bits per heavy atom. The van der Waals surface area contributed by atoms with Gasteiger partial charge in [0.05, 0.1) is 51.9 Å². The van der Waals surface area contributed by atoms with Crippen LogP contribution in [0.25, 0.3) is 110 Å². The Balaban J connectivity index is 0.000000116. The van der Waals surface area contributed by atoms with Gasteiger partial charge in [-0.3, -0.25) is 39.8 Å². The number of rotatable bonds is 18. The number of nitrogens with one attached hydrogen (secondary N) is 9. The van der Waals surface area contributed by atoms with Gasteiger partial charge in [-0.15, -0.1) is 0 Å². The van der Waals surface area contributed by atoms with Gasteiger partial charge in [0.1, 0.15) is 75.6 Å². The second-order valence-corrected chi connectivity index (χ2v) is 36.3. The number of anilines is 12. The van der Waals surface area contributed by atoms with Gasteiger partial charge in [-0.2, -0.15) is 20.6 Å². The molecular weight excluding hydrogens is 1880 g/mol. The lowest BCUT2D eigenvalue weighted by atomic mass is 10.0. The van der Waals surface area contributed by atoms with E-state index in [2.05, 4.69) is 112 Å². The van der Waals surface area contributed by atoms with Gasteiger partial charge in [0.2, 0.25) is 17.7 Å². The standard InChI is InChI=1S/C23H18N6O.C22H19ClN6O.2C22H19FN6O.C21H19N5O/c1-14-6-2-4-8-17(14)20-10-16-11-21(26-13-18(16)22(25)27-20)29-23(30)28-19-9-5-3-7-15(19)12-24;3*1-11-4-2-3-5-13(11)20-19(23)15-7-18(25-10-17(15)21(24)29-20)28-22(30)16-6-14(16)12-8-26-27-9-12;1-13-5-3-4-6-16(13)18-9-14-10-19(23-12-17(14)21(22)25-18)24-15-7-8-26(2)20(27)11-15/h2-11,13H,1H3,(H2,25,27)(H2,26,28,29,30);3*2-5,7-10,14,16H,6H2,1H3,(H2,24,29)(H,26,27)(H,25,28,30);3-12H,1-2H3,(H2,22,25)(H,23,24)/t;3*14-,16+;/m.010./s1. The number of urea groups is 1. The van der Waals surface area contributed by atoms with Gasteiger partial charge in [-0.1, -0.05) is 145 Å². The molecular formula is C110H94ClF2N29O5. The molecule has 14 aromatic heterocycles. The third-order valence-corrected chi connectivity index (χ3v) is 26.4. The van der Waals surface area contributed by atoms with E-state index < -0.39 is 17.7 Å². The van der Waals surface area contributed by atoms with Crippen molar-refractivity contribution in [3.05, 3.63) is 352 Å². The van der Waals surface area contributed by atoms with E-state index in [1.807, 2.05) is 180 Å². The number of halogens is 3. The number of benzene rings is 6. The summed E-state index contributed by atoms with van der Waals surface area (Å²) >= 11 is 6.73. The number of aromatic amines is 3. The van der Waals surface area contributed by atoms with E-state index in [1.54, 1.807) is 111 Å². The van der Waals surface area contributed by atoms with Crippen LogP contribution in [0.1, 0.15) is 87.1 Å². The molecule has 37 heteroatoms. The summed E-state index contributed by atoms with van der Waals surface area (Å²) in [5, 5.41) is 52.7. The summed E-state index contributed by atoms with van der Waals surface area (Å²) in [7, 11) is 1.71. The van der Waals surface area contributed by atoms with Crippen molar-refractivity contribution in [1.29, 1.82) is 5.26 Å². The molecule has 3 saturated carbocycles. The van der Waals surface area contributed by atoms with Gasteiger partial charge in [0.15, 0.2) is 11.6 Å². The number of hydrogen-bond donors (Lipinski definition) is 14. The fourth-order valence-electron chi connectivity index (χ4n) is 17.7. The summed E-state index contributed by atoms with van der Waals surface area (Å²) in [6.07, 6.45) is 22.4. The monoisotopic (exact) mass is 1970 g/mol. The zero-order valence-corrected chi connectivity index (χ0v) is 80.6. The van der Waals surface area contributed by atoms with E-state index in [4.69, 9.17) is 45.5 Å². The number of nitrogens with zero attached hydrogens (tertiary/aromatic N) is 15. The first kappa shape index (κ1) is 96.7. The SMILES string of the molecule is Cc1ccccc1-c1cc2cc(NC(=O)Nc3ccccc3C#N)ncc2c(N)n1.Cc1ccccc1-c1cc2cc(Nc3ccn(C)c(=O)c3)ncc2c(N)n1.Cc1ccccc1-c1nc(N)c2cnc(NC(=O)[C@@H]3C[C@H]3c3cn[nH]c3)cc2c1Cl.Cc1ccccc1-c1nc(N)c2cnc(NC(=O)[C@@H]3C[C@H]3c3cn[nH]c3)cc2c1F.Cc1ccccc1-c1nc(N)c2cnc(NC(=O)[C@H]3C[C@@H]3c3cn[nH]c3)cc2c1F. The van der Waals surface area contributed by atoms with Crippen molar-refractivity contribution < 1.29 is 28.0 Å².